The molecule has 4 nitrogen and oxygen atoms in total. The second-order valence-electron chi connectivity index (χ2n) is 5.19. The maximum absolute atomic E-state index is 4.75. The molecular weight excluding hydrogens is 328 g/mol. The molecule has 3 heterocycles. The van der Waals surface area contributed by atoms with E-state index in [0.717, 1.165) is 39.3 Å². The fourth-order valence-electron chi connectivity index (χ4n) is 2.55. The Labute approximate surface area is 132 Å². The number of aromatic nitrogens is 4. The van der Waals surface area contributed by atoms with E-state index in [-0.39, 0.29) is 0 Å². The topological polar surface area (TPSA) is 43.6 Å². The maximum atomic E-state index is 4.75. The molecule has 0 N–H and O–H groups in total. The summed E-state index contributed by atoms with van der Waals surface area (Å²) in [4.78, 5) is 13.9. The Hall–Kier alpha value is -1.75. The molecule has 0 aliphatic heterocycles. The van der Waals surface area contributed by atoms with E-state index in [2.05, 4.69) is 50.4 Å². The maximum Gasteiger partial charge on any atom is 0.160 e. The Morgan fingerprint density at radius 3 is 2.67 bits per heavy atom. The zero-order chi connectivity index (χ0) is 15.0. The van der Waals surface area contributed by atoms with Gasteiger partial charge in [0.2, 0.25) is 0 Å². The largest absolute Gasteiger partial charge is 0.307 e. The van der Waals surface area contributed by atoms with Crippen molar-refractivity contribution < 1.29 is 0 Å². The van der Waals surface area contributed by atoms with E-state index < -0.39 is 0 Å². The fraction of sp³-hybridized carbons (Fsp3) is 0.312. The van der Waals surface area contributed by atoms with Crippen LogP contribution in [-0.2, 0) is 13.0 Å². The molecule has 5 heteroatoms. The van der Waals surface area contributed by atoms with Crippen molar-refractivity contribution in [3.05, 3.63) is 51.6 Å². The quantitative estimate of drug-likeness (QED) is 0.725. The van der Waals surface area contributed by atoms with Gasteiger partial charge in [-0.25, -0.2) is 9.97 Å². The van der Waals surface area contributed by atoms with Crippen LogP contribution in [-0.4, -0.2) is 19.5 Å². The van der Waals surface area contributed by atoms with Crippen molar-refractivity contribution in [3.63, 3.8) is 0 Å². The highest BCUT2D eigenvalue weighted by atomic mass is 79.9. The normalized spacial score (nSPS) is 11.2. The highest BCUT2D eigenvalue weighted by Crippen LogP contribution is 2.20. The average Bonchev–Trinajstić information content (AvgIpc) is 2.80. The second-order valence-corrected chi connectivity index (χ2v) is 6.10. The van der Waals surface area contributed by atoms with Gasteiger partial charge in [0.05, 0.1) is 12.2 Å². The van der Waals surface area contributed by atoms with Gasteiger partial charge in [-0.2, -0.15) is 0 Å². The molecule has 3 aromatic rings. The number of hydrogen-bond donors (Lipinski definition) is 0. The van der Waals surface area contributed by atoms with E-state index in [1.807, 2.05) is 25.3 Å². The number of halogens is 1. The summed E-state index contributed by atoms with van der Waals surface area (Å²) < 4.78 is 3.16. The van der Waals surface area contributed by atoms with E-state index in [1.54, 1.807) is 0 Å². The van der Waals surface area contributed by atoms with Crippen LogP contribution in [0.2, 0.25) is 0 Å². The lowest BCUT2D eigenvalue weighted by atomic mass is 10.2. The first-order valence-corrected chi connectivity index (χ1v) is 7.81. The molecule has 3 rings (SSSR count). The lowest BCUT2D eigenvalue weighted by Crippen LogP contribution is -2.06. The minimum absolute atomic E-state index is 0.697. The molecule has 0 unspecified atom stereocenters. The van der Waals surface area contributed by atoms with E-state index >= 15 is 0 Å². The number of rotatable bonds is 3. The van der Waals surface area contributed by atoms with Crippen LogP contribution in [0, 0.1) is 13.8 Å². The van der Waals surface area contributed by atoms with Crippen molar-refractivity contribution in [1.29, 1.82) is 0 Å². The molecule has 0 spiro atoms. The molecule has 108 valence electrons. The lowest BCUT2D eigenvalue weighted by Gasteiger charge is -2.08. The summed E-state index contributed by atoms with van der Waals surface area (Å²) in [6, 6.07) is 6.12. The Bertz CT molecular complexity index is 790. The monoisotopic (exact) mass is 344 g/mol. The number of aryl methyl sites for hydroxylation is 3. The van der Waals surface area contributed by atoms with E-state index in [4.69, 9.17) is 4.98 Å². The molecule has 21 heavy (non-hydrogen) atoms. The van der Waals surface area contributed by atoms with Crippen LogP contribution in [0.5, 0.6) is 0 Å². The second kappa shape index (κ2) is 5.56. The van der Waals surface area contributed by atoms with Crippen molar-refractivity contribution in [2.45, 2.75) is 33.7 Å². The van der Waals surface area contributed by atoms with Gasteiger partial charge in [0.1, 0.15) is 11.3 Å². The molecule has 0 aliphatic rings. The van der Waals surface area contributed by atoms with Crippen molar-refractivity contribution in [2.75, 3.05) is 0 Å². The fourth-order valence-corrected chi connectivity index (χ4v) is 2.78. The van der Waals surface area contributed by atoms with Gasteiger partial charge in [-0.15, -0.1) is 0 Å². The Balaban J connectivity index is 2.13. The standard InChI is InChI=1S/C16H17BrN4/c1-4-14-20-15-10(2)7-11(3)19-16(15)21(14)9-13-6-5-12(17)8-18-13/h5-8H,4,9H2,1-3H3. The SMILES string of the molecule is CCc1nc2c(C)cc(C)nc2n1Cc1ccc(Br)cn1. The molecular formula is C16H17BrN4. The van der Waals surface area contributed by atoms with Gasteiger partial charge >= 0.3 is 0 Å². The number of fused-ring (bicyclic) bond motifs is 1. The van der Waals surface area contributed by atoms with Gasteiger partial charge in [0.15, 0.2) is 5.65 Å². The smallest absolute Gasteiger partial charge is 0.160 e. The van der Waals surface area contributed by atoms with E-state index in [1.165, 1.54) is 5.56 Å². The Morgan fingerprint density at radius 1 is 1.19 bits per heavy atom. The Morgan fingerprint density at radius 2 is 2.00 bits per heavy atom. The molecule has 0 atom stereocenters. The van der Waals surface area contributed by atoms with Crippen molar-refractivity contribution >= 4 is 27.1 Å². The molecule has 0 saturated heterocycles. The van der Waals surface area contributed by atoms with Gasteiger partial charge in [0, 0.05) is 22.8 Å². The van der Waals surface area contributed by atoms with Crippen LogP contribution in [0.3, 0.4) is 0 Å². The molecule has 3 aromatic heterocycles. The number of nitrogens with zero attached hydrogens (tertiary/aromatic N) is 4. The van der Waals surface area contributed by atoms with Crippen LogP contribution >= 0.6 is 15.9 Å². The zero-order valence-electron chi connectivity index (χ0n) is 12.4. The number of imidazole rings is 1. The molecule has 0 fully saturated rings. The van der Waals surface area contributed by atoms with E-state index in [9.17, 15) is 0 Å². The molecule has 0 aliphatic carbocycles. The lowest BCUT2D eigenvalue weighted by molar-refractivity contribution is 0.729. The van der Waals surface area contributed by atoms with Crippen LogP contribution in [0.1, 0.15) is 29.7 Å². The summed E-state index contributed by atoms with van der Waals surface area (Å²) in [6.07, 6.45) is 2.70. The van der Waals surface area contributed by atoms with Crippen molar-refractivity contribution in [1.82, 2.24) is 19.5 Å². The van der Waals surface area contributed by atoms with Crippen LogP contribution in [0.4, 0.5) is 0 Å². The van der Waals surface area contributed by atoms with Crippen LogP contribution in [0.25, 0.3) is 11.2 Å². The summed E-state index contributed by atoms with van der Waals surface area (Å²) in [7, 11) is 0. The number of hydrogen-bond acceptors (Lipinski definition) is 3. The summed E-state index contributed by atoms with van der Waals surface area (Å²) >= 11 is 3.42. The summed E-state index contributed by atoms with van der Waals surface area (Å²) in [5.41, 5.74) is 5.15. The molecule has 0 saturated carbocycles. The average molecular weight is 345 g/mol. The van der Waals surface area contributed by atoms with Gasteiger partial charge in [0.25, 0.3) is 0 Å². The predicted octanol–water partition coefficient (Wildman–Crippen LogP) is 3.82. The first-order valence-electron chi connectivity index (χ1n) is 7.02. The summed E-state index contributed by atoms with van der Waals surface area (Å²) in [5, 5.41) is 0. The highest BCUT2D eigenvalue weighted by Gasteiger charge is 2.13. The van der Waals surface area contributed by atoms with Crippen LogP contribution in [0.15, 0.2) is 28.9 Å². The first-order chi connectivity index (χ1) is 10.1. The van der Waals surface area contributed by atoms with Gasteiger partial charge in [-0.1, -0.05) is 6.92 Å². The minimum Gasteiger partial charge on any atom is -0.307 e. The van der Waals surface area contributed by atoms with Gasteiger partial charge < -0.3 is 4.57 Å². The minimum atomic E-state index is 0.697. The Kier molecular flexibility index (Phi) is 3.76. The van der Waals surface area contributed by atoms with Gasteiger partial charge in [-0.3, -0.25) is 4.98 Å². The van der Waals surface area contributed by atoms with E-state index in [0.29, 0.717) is 6.54 Å². The first kappa shape index (κ1) is 14.2. The van der Waals surface area contributed by atoms with Crippen molar-refractivity contribution in [3.8, 4) is 0 Å². The summed E-state index contributed by atoms with van der Waals surface area (Å²) in [6.45, 7) is 6.93. The molecule has 0 radical (unpaired) electrons. The van der Waals surface area contributed by atoms with Crippen LogP contribution < -0.4 is 0 Å². The summed E-state index contributed by atoms with van der Waals surface area (Å²) in [5.74, 6) is 1.05. The predicted molar refractivity (Wildman–Crippen MR) is 87.4 cm³/mol. The van der Waals surface area contributed by atoms with Gasteiger partial charge in [-0.05, 0) is 53.5 Å². The molecule has 0 amide bonds. The molecule has 0 aromatic carbocycles. The molecule has 0 bridgehead atoms. The number of pyridine rings is 2. The zero-order valence-corrected chi connectivity index (χ0v) is 14.0. The third-order valence-corrected chi connectivity index (χ3v) is 4.00. The highest BCUT2D eigenvalue weighted by molar-refractivity contribution is 9.10. The third-order valence-electron chi connectivity index (χ3n) is 3.53. The third kappa shape index (κ3) is 2.70. The van der Waals surface area contributed by atoms with Crippen molar-refractivity contribution in [2.24, 2.45) is 0 Å².